The minimum atomic E-state index is -1.29. The quantitative estimate of drug-likeness (QED) is 0.604. The van der Waals surface area contributed by atoms with E-state index >= 15 is 0 Å². The zero-order valence-electron chi connectivity index (χ0n) is 19.4. The molecule has 1 spiro atoms. The molecule has 0 heterocycles. The number of carboxylic acid groups (broad SMARTS) is 1. The largest absolute Gasteiger partial charge is 0.496 e. The van der Waals surface area contributed by atoms with Crippen molar-refractivity contribution in [2.24, 2.45) is 5.41 Å². The van der Waals surface area contributed by atoms with Crippen molar-refractivity contribution in [2.75, 3.05) is 14.2 Å². The topological polar surface area (TPSA) is 84.9 Å². The molecule has 2 aromatic carbocycles. The van der Waals surface area contributed by atoms with Gasteiger partial charge in [0.25, 0.3) is 0 Å². The number of allylic oxidation sites excluding steroid dienone is 2. The van der Waals surface area contributed by atoms with Gasteiger partial charge in [0.1, 0.15) is 17.0 Å². The van der Waals surface area contributed by atoms with Crippen molar-refractivity contribution in [3.05, 3.63) is 59.8 Å². The van der Waals surface area contributed by atoms with Crippen LogP contribution in [0.15, 0.2) is 54.2 Å². The second kappa shape index (κ2) is 8.93. The van der Waals surface area contributed by atoms with Crippen LogP contribution in [-0.2, 0) is 16.0 Å². The van der Waals surface area contributed by atoms with Crippen molar-refractivity contribution in [3.63, 3.8) is 0 Å². The molecule has 0 saturated heterocycles. The molecule has 0 unspecified atom stereocenters. The third-order valence-corrected chi connectivity index (χ3v) is 7.04. The van der Waals surface area contributed by atoms with Crippen LogP contribution in [0.3, 0.4) is 0 Å². The number of carboxylic acids is 1. The predicted molar refractivity (Wildman–Crippen MR) is 126 cm³/mol. The summed E-state index contributed by atoms with van der Waals surface area (Å²) in [6.07, 6.45) is 6.44. The maximum Gasteiger partial charge on any atom is 0.329 e. The van der Waals surface area contributed by atoms with Crippen molar-refractivity contribution >= 4 is 11.8 Å². The van der Waals surface area contributed by atoms with Gasteiger partial charge in [-0.25, -0.2) is 4.79 Å². The number of ketones is 1. The summed E-state index contributed by atoms with van der Waals surface area (Å²) in [5.41, 5.74) is 1.49. The Balaban J connectivity index is 1.66. The highest BCUT2D eigenvalue weighted by atomic mass is 16.5. The van der Waals surface area contributed by atoms with E-state index in [0.717, 1.165) is 54.5 Å². The third-order valence-electron chi connectivity index (χ3n) is 7.04. The maximum atomic E-state index is 12.5. The van der Waals surface area contributed by atoms with Crippen LogP contribution in [0.2, 0.25) is 0 Å². The lowest BCUT2D eigenvalue weighted by molar-refractivity contribution is -0.144. The highest BCUT2D eigenvalue weighted by Crippen LogP contribution is 2.49. The van der Waals surface area contributed by atoms with E-state index in [-0.39, 0.29) is 12.2 Å². The molecule has 2 aliphatic carbocycles. The minimum Gasteiger partial charge on any atom is -0.496 e. The number of ether oxygens (including phenoxy) is 2. The summed E-state index contributed by atoms with van der Waals surface area (Å²) in [6.45, 7) is 1.67. The van der Waals surface area contributed by atoms with Crippen molar-refractivity contribution < 1.29 is 24.2 Å². The SMILES string of the molecule is COc1cc(C[C@](C)(NC2=CC(=O)C23CCCCC3)C(=O)O)cc(OC)c1-c1ccccc1. The molecular formula is C27H31NO5. The van der Waals surface area contributed by atoms with Crippen LogP contribution < -0.4 is 14.8 Å². The van der Waals surface area contributed by atoms with Gasteiger partial charge in [-0.15, -0.1) is 0 Å². The van der Waals surface area contributed by atoms with Gasteiger partial charge in [0.15, 0.2) is 5.78 Å². The average Bonchev–Trinajstić information content (AvgIpc) is 2.84. The number of hydrogen-bond donors (Lipinski definition) is 2. The zero-order valence-corrected chi connectivity index (χ0v) is 19.4. The summed E-state index contributed by atoms with van der Waals surface area (Å²) in [7, 11) is 3.19. The highest BCUT2D eigenvalue weighted by Gasteiger charge is 2.51. The van der Waals surface area contributed by atoms with Crippen LogP contribution in [0.5, 0.6) is 11.5 Å². The van der Waals surface area contributed by atoms with Crippen LogP contribution in [0.1, 0.15) is 44.6 Å². The highest BCUT2D eigenvalue weighted by molar-refractivity contribution is 6.05. The number of methoxy groups -OCH3 is 2. The Bertz CT molecular complexity index is 1060. The Morgan fingerprint density at radius 1 is 1.06 bits per heavy atom. The van der Waals surface area contributed by atoms with Crippen LogP contribution in [-0.4, -0.2) is 36.6 Å². The van der Waals surface area contributed by atoms with Gasteiger partial charge in [-0.2, -0.15) is 0 Å². The molecule has 0 bridgehead atoms. The molecule has 1 fully saturated rings. The van der Waals surface area contributed by atoms with Gasteiger partial charge in [0, 0.05) is 18.2 Å². The fourth-order valence-electron chi connectivity index (χ4n) is 5.13. The predicted octanol–water partition coefficient (Wildman–Crippen LogP) is 4.76. The fourth-order valence-corrected chi connectivity index (χ4v) is 5.13. The molecule has 6 nitrogen and oxygen atoms in total. The Morgan fingerprint density at radius 3 is 2.18 bits per heavy atom. The molecule has 2 N–H and O–H groups in total. The normalized spacial score (nSPS) is 18.6. The molecule has 6 heteroatoms. The Hall–Kier alpha value is -3.28. The number of carbonyl (C=O) groups excluding carboxylic acids is 1. The van der Waals surface area contributed by atoms with Gasteiger partial charge in [-0.1, -0.05) is 49.6 Å². The van der Waals surface area contributed by atoms with Gasteiger partial charge in [-0.05, 0) is 43.0 Å². The number of hydrogen-bond acceptors (Lipinski definition) is 5. The van der Waals surface area contributed by atoms with Crippen LogP contribution in [0, 0.1) is 5.41 Å². The summed E-state index contributed by atoms with van der Waals surface area (Å²) in [4.78, 5) is 24.9. The van der Waals surface area contributed by atoms with Crippen molar-refractivity contribution in [1.82, 2.24) is 5.32 Å². The molecule has 1 atom stereocenters. The molecule has 2 aromatic rings. The zero-order chi connectivity index (χ0) is 23.6. The molecule has 0 aliphatic heterocycles. The third kappa shape index (κ3) is 4.10. The number of rotatable bonds is 8. The van der Waals surface area contributed by atoms with Crippen LogP contribution in [0.25, 0.3) is 11.1 Å². The van der Waals surface area contributed by atoms with E-state index in [4.69, 9.17) is 9.47 Å². The summed E-state index contributed by atoms with van der Waals surface area (Å²) in [5, 5.41) is 13.4. The first-order chi connectivity index (χ1) is 15.8. The van der Waals surface area contributed by atoms with E-state index in [1.807, 2.05) is 42.5 Å². The minimum absolute atomic E-state index is 0.119. The smallest absolute Gasteiger partial charge is 0.329 e. The number of carbonyl (C=O) groups is 2. The van der Waals surface area contributed by atoms with Gasteiger partial charge >= 0.3 is 5.97 Å². The van der Waals surface area contributed by atoms with Gasteiger partial charge in [0.05, 0.1) is 25.2 Å². The lowest BCUT2D eigenvalue weighted by atomic mass is 9.62. The van der Waals surface area contributed by atoms with Gasteiger partial charge in [-0.3, -0.25) is 4.79 Å². The summed E-state index contributed by atoms with van der Waals surface area (Å²) in [5.74, 6) is 0.377. The van der Waals surface area contributed by atoms with E-state index in [0.29, 0.717) is 11.5 Å². The Labute approximate surface area is 194 Å². The molecule has 33 heavy (non-hydrogen) atoms. The molecule has 0 amide bonds. The fraction of sp³-hybridized carbons (Fsp3) is 0.407. The Kier molecular flexibility index (Phi) is 6.19. The van der Waals surface area contributed by atoms with Crippen LogP contribution >= 0.6 is 0 Å². The monoisotopic (exact) mass is 449 g/mol. The summed E-state index contributed by atoms with van der Waals surface area (Å²) < 4.78 is 11.3. The molecule has 2 aliphatic rings. The number of nitrogens with one attached hydrogen (secondary N) is 1. The molecule has 0 radical (unpaired) electrons. The molecule has 0 aromatic heterocycles. The number of benzene rings is 2. The van der Waals surface area contributed by atoms with Crippen molar-refractivity contribution in [1.29, 1.82) is 0 Å². The van der Waals surface area contributed by atoms with E-state index in [1.165, 1.54) is 0 Å². The molecule has 174 valence electrons. The van der Waals surface area contributed by atoms with Crippen LogP contribution in [0.4, 0.5) is 0 Å². The standard InChI is InChI=1S/C27H31NO5/c1-26(25(30)31,28-22-16-23(29)27(22)12-8-5-9-13-27)17-18-14-20(32-2)24(21(15-18)33-3)19-10-6-4-7-11-19/h4,6-7,10-11,14-16,28H,5,8-9,12-13,17H2,1-3H3,(H,30,31)/t26-/m0/s1. The van der Waals surface area contributed by atoms with E-state index < -0.39 is 16.9 Å². The van der Waals surface area contributed by atoms with Gasteiger partial charge in [0.2, 0.25) is 0 Å². The number of aliphatic carboxylic acids is 1. The van der Waals surface area contributed by atoms with E-state index in [2.05, 4.69) is 5.32 Å². The average molecular weight is 450 g/mol. The first-order valence-electron chi connectivity index (χ1n) is 11.4. The van der Waals surface area contributed by atoms with E-state index in [1.54, 1.807) is 27.2 Å². The molecule has 1 saturated carbocycles. The maximum absolute atomic E-state index is 12.5. The first kappa shape index (κ1) is 22.9. The second-order valence-electron chi connectivity index (χ2n) is 9.25. The lowest BCUT2D eigenvalue weighted by Gasteiger charge is -2.46. The van der Waals surface area contributed by atoms with Gasteiger partial charge < -0.3 is 19.9 Å². The first-order valence-corrected chi connectivity index (χ1v) is 11.4. The van der Waals surface area contributed by atoms with E-state index in [9.17, 15) is 14.7 Å². The molecule has 4 rings (SSSR count). The summed E-state index contributed by atoms with van der Waals surface area (Å²) in [6, 6.07) is 13.5. The Morgan fingerprint density at radius 2 is 1.67 bits per heavy atom. The molecular weight excluding hydrogens is 418 g/mol. The summed E-state index contributed by atoms with van der Waals surface area (Å²) >= 11 is 0. The van der Waals surface area contributed by atoms with Crippen molar-refractivity contribution in [2.45, 2.75) is 51.0 Å². The van der Waals surface area contributed by atoms with Crippen molar-refractivity contribution in [3.8, 4) is 22.6 Å². The lowest BCUT2D eigenvalue weighted by Crippen LogP contribution is -2.57. The second-order valence-corrected chi connectivity index (χ2v) is 9.25.